The fraction of sp³-hybridized carbons (Fsp3) is 0.364. The van der Waals surface area contributed by atoms with Gasteiger partial charge in [-0.3, -0.25) is 4.79 Å². The smallest absolute Gasteiger partial charge is 0.255 e. The van der Waals surface area contributed by atoms with Gasteiger partial charge in [0.05, 0.1) is 12.2 Å². The van der Waals surface area contributed by atoms with Crippen molar-refractivity contribution in [3.63, 3.8) is 0 Å². The molecule has 1 rings (SSSR count). The van der Waals surface area contributed by atoms with E-state index in [4.69, 9.17) is 4.74 Å². The van der Waals surface area contributed by atoms with Crippen molar-refractivity contribution in [2.45, 2.75) is 6.92 Å². The number of phenolic OH excluding ortho intramolecular Hbond substituents is 1. The molecular weight excluding hydrogens is 194 g/mol. The van der Waals surface area contributed by atoms with Crippen LogP contribution in [-0.4, -0.2) is 31.3 Å². The van der Waals surface area contributed by atoms with Crippen LogP contribution < -0.4 is 5.32 Å². The third kappa shape index (κ3) is 3.25. The normalized spacial score (nSPS) is 10.0. The summed E-state index contributed by atoms with van der Waals surface area (Å²) in [6, 6.07) is 4.92. The van der Waals surface area contributed by atoms with Gasteiger partial charge in [-0.25, -0.2) is 0 Å². The lowest BCUT2D eigenvalue weighted by atomic mass is 10.1. The molecule has 0 atom stereocenters. The number of aromatic hydroxyl groups is 1. The third-order valence-electron chi connectivity index (χ3n) is 1.99. The Balaban J connectivity index is 2.68. The number of carbonyl (C=O) groups is 1. The lowest BCUT2D eigenvalue weighted by Crippen LogP contribution is -2.27. The van der Waals surface area contributed by atoms with Crippen molar-refractivity contribution in [1.82, 2.24) is 5.32 Å². The van der Waals surface area contributed by atoms with Gasteiger partial charge < -0.3 is 15.2 Å². The number of ether oxygens (including phenoxy) is 1. The fourth-order valence-electron chi connectivity index (χ4n) is 1.19. The van der Waals surface area contributed by atoms with Crippen LogP contribution in [0.2, 0.25) is 0 Å². The van der Waals surface area contributed by atoms with Crippen molar-refractivity contribution in [3.8, 4) is 5.75 Å². The molecular formula is C11H15NO3. The molecule has 1 aromatic carbocycles. The highest BCUT2D eigenvalue weighted by Gasteiger charge is 2.09. The van der Waals surface area contributed by atoms with Gasteiger partial charge in [0, 0.05) is 13.7 Å². The Hall–Kier alpha value is -1.55. The van der Waals surface area contributed by atoms with E-state index >= 15 is 0 Å². The predicted molar refractivity (Wildman–Crippen MR) is 57.1 cm³/mol. The minimum Gasteiger partial charge on any atom is -0.507 e. The molecule has 1 amide bonds. The van der Waals surface area contributed by atoms with Crippen LogP contribution in [0.15, 0.2) is 18.2 Å². The van der Waals surface area contributed by atoms with Crippen LogP contribution >= 0.6 is 0 Å². The summed E-state index contributed by atoms with van der Waals surface area (Å²) >= 11 is 0. The van der Waals surface area contributed by atoms with E-state index in [1.165, 1.54) is 6.07 Å². The van der Waals surface area contributed by atoms with Crippen LogP contribution in [0.5, 0.6) is 5.75 Å². The second kappa shape index (κ2) is 5.36. The van der Waals surface area contributed by atoms with Gasteiger partial charge in [-0.1, -0.05) is 11.6 Å². The molecule has 0 unspecified atom stereocenters. The van der Waals surface area contributed by atoms with Crippen LogP contribution in [0.3, 0.4) is 0 Å². The van der Waals surface area contributed by atoms with Crippen LogP contribution in [-0.2, 0) is 4.74 Å². The highest BCUT2D eigenvalue weighted by atomic mass is 16.5. The van der Waals surface area contributed by atoms with Crippen molar-refractivity contribution in [3.05, 3.63) is 29.3 Å². The third-order valence-corrected chi connectivity index (χ3v) is 1.99. The first-order valence-corrected chi connectivity index (χ1v) is 4.72. The molecule has 2 N–H and O–H groups in total. The van der Waals surface area contributed by atoms with E-state index in [1.807, 2.05) is 6.92 Å². The van der Waals surface area contributed by atoms with E-state index in [0.29, 0.717) is 18.7 Å². The van der Waals surface area contributed by atoms with Gasteiger partial charge in [0.15, 0.2) is 0 Å². The zero-order valence-electron chi connectivity index (χ0n) is 8.91. The summed E-state index contributed by atoms with van der Waals surface area (Å²) in [6.07, 6.45) is 0. The maximum absolute atomic E-state index is 11.6. The lowest BCUT2D eigenvalue weighted by molar-refractivity contribution is 0.0934. The molecule has 0 fully saturated rings. The van der Waals surface area contributed by atoms with Gasteiger partial charge >= 0.3 is 0 Å². The molecule has 0 bridgehead atoms. The average molecular weight is 209 g/mol. The van der Waals surface area contributed by atoms with Crippen LogP contribution in [0.4, 0.5) is 0 Å². The number of aryl methyl sites for hydroxylation is 1. The molecule has 0 aliphatic rings. The first-order valence-electron chi connectivity index (χ1n) is 4.72. The van der Waals surface area contributed by atoms with Crippen molar-refractivity contribution in [2.75, 3.05) is 20.3 Å². The van der Waals surface area contributed by atoms with Crippen LogP contribution in [0.25, 0.3) is 0 Å². The molecule has 4 nitrogen and oxygen atoms in total. The molecule has 0 saturated carbocycles. The fourth-order valence-corrected chi connectivity index (χ4v) is 1.19. The van der Waals surface area contributed by atoms with Crippen LogP contribution in [0.1, 0.15) is 15.9 Å². The number of phenols is 1. The first-order chi connectivity index (χ1) is 7.15. The topological polar surface area (TPSA) is 58.6 Å². The molecule has 0 heterocycles. The molecule has 0 radical (unpaired) electrons. The van der Waals surface area contributed by atoms with E-state index in [-0.39, 0.29) is 11.7 Å². The van der Waals surface area contributed by atoms with E-state index < -0.39 is 0 Å². The van der Waals surface area contributed by atoms with Crippen molar-refractivity contribution >= 4 is 5.91 Å². The average Bonchev–Trinajstić information content (AvgIpc) is 2.22. The Morgan fingerprint density at radius 3 is 2.93 bits per heavy atom. The van der Waals surface area contributed by atoms with Crippen molar-refractivity contribution in [1.29, 1.82) is 0 Å². The molecule has 4 heteroatoms. The maximum atomic E-state index is 11.6. The minimum absolute atomic E-state index is 0.00415. The Labute approximate surface area is 88.9 Å². The monoisotopic (exact) mass is 209 g/mol. The zero-order chi connectivity index (χ0) is 11.3. The standard InChI is InChI=1S/C11H15NO3/c1-8-3-4-10(13)9(7-8)11(14)12-5-6-15-2/h3-4,7,13H,5-6H2,1-2H3,(H,12,14). The highest BCUT2D eigenvalue weighted by molar-refractivity contribution is 5.96. The minimum atomic E-state index is -0.284. The Kier molecular flexibility index (Phi) is 4.12. The number of nitrogens with one attached hydrogen (secondary N) is 1. The van der Waals surface area contributed by atoms with E-state index in [9.17, 15) is 9.90 Å². The summed E-state index contributed by atoms with van der Waals surface area (Å²) < 4.78 is 4.80. The summed E-state index contributed by atoms with van der Waals surface area (Å²) in [7, 11) is 1.57. The number of benzene rings is 1. The molecule has 82 valence electrons. The maximum Gasteiger partial charge on any atom is 0.255 e. The summed E-state index contributed by atoms with van der Waals surface area (Å²) in [5.41, 5.74) is 1.23. The molecule has 0 spiro atoms. The van der Waals surface area contributed by atoms with E-state index in [2.05, 4.69) is 5.32 Å². The van der Waals surface area contributed by atoms with Gasteiger partial charge in [0.2, 0.25) is 0 Å². The van der Waals surface area contributed by atoms with Gasteiger partial charge in [0.1, 0.15) is 5.75 Å². The highest BCUT2D eigenvalue weighted by Crippen LogP contribution is 2.17. The summed E-state index contributed by atoms with van der Waals surface area (Å²) in [5, 5.41) is 12.1. The molecule has 0 saturated heterocycles. The molecule has 0 aliphatic carbocycles. The second-order valence-corrected chi connectivity index (χ2v) is 3.27. The largest absolute Gasteiger partial charge is 0.507 e. The van der Waals surface area contributed by atoms with Gasteiger partial charge in [-0.2, -0.15) is 0 Å². The summed E-state index contributed by atoms with van der Waals surface area (Å²) in [4.78, 5) is 11.6. The van der Waals surface area contributed by atoms with Gasteiger partial charge in [0.25, 0.3) is 5.91 Å². The number of carbonyl (C=O) groups excluding carboxylic acids is 1. The summed E-state index contributed by atoms with van der Waals surface area (Å²) in [5.74, 6) is -0.288. The SMILES string of the molecule is COCCNC(=O)c1cc(C)ccc1O. The Morgan fingerprint density at radius 1 is 1.53 bits per heavy atom. The molecule has 0 aliphatic heterocycles. The Bertz CT molecular complexity index is 350. The van der Waals surface area contributed by atoms with Crippen molar-refractivity contribution in [2.24, 2.45) is 0 Å². The molecule has 1 aromatic rings. The van der Waals surface area contributed by atoms with Crippen LogP contribution in [0, 0.1) is 6.92 Å². The number of rotatable bonds is 4. The summed E-state index contributed by atoms with van der Waals surface area (Å²) in [6.45, 7) is 2.76. The molecule has 15 heavy (non-hydrogen) atoms. The number of hydrogen-bond donors (Lipinski definition) is 2. The number of amides is 1. The quantitative estimate of drug-likeness (QED) is 0.729. The first kappa shape index (κ1) is 11.5. The second-order valence-electron chi connectivity index (χ2n) is 3.27. The lowest BCUT2D eigenvalue weighted by Gasteiger charge is -2.06. The van der Waals surface area contributed by atoms with E-state index in [0.717, 1.165) is 5.56 Å². The van der Waals surface area contributed by atoms with Gasteiger partial charge in [-0.15, -0.1) is 0 Å². The number of hydrogen-bond acceptors (Lipinski definition) is 3. The van der Waals surface area contributed by atoms with E-state index in [1.54, 1.807) is 19.2 Å². The molecule has 0 aromatic heterocycles. The Morgan fingerprint density at radius 2 is 2.27 bits per heavy atom. The van der Waals surface area contributed by atoms with Gasteiger partial charge in [-0.05, 0) is 19.1 Å². The zero-order valence-corrected chi connectivity index (χ0v) is 8.91. The van der Waals surface area contributed by atoms with Crippen molar-refractivity contribution < 1.29 is 14.6 Å². The number of methoxy groups -OCH3 is 1. The predicted octanol–water partition coefficient (Wildman–Crippen LogP) is 1.08.